The van der Waals surface area contributed by atoms with Gasteiger partial charge in [0.05, 0.1) is 17.0 Å². The molecule has 0 aromatic heterocycles. The minimum Gasteiger partial charge on any atom is -0.352 e. The molecule has 11 heteroatoms. The number of carbonyl (C=O) groups excluding carboxylic acids is 2. The molecule has 1 aliphatic carbocycles. The Morgan fingerprint density at radius 1 is 1.00 bits per heavy atom. The lowest BCUT2D eigenvalue weighted by Gasteiger charge is -2.34. The average molecular weight is 621 g/mol. The largest absolute Gasteiger partial charge is 0.352 e. The van der Waals surface area contributed by atoms with E-state index in [0.29, 0.717) is 5.02 Å². The molecular formula is C30H32Cl2FN3O4S. The maximum atomic E-state index is 14.9. The van der Waals surface area contributed by atoms with E-state index in [2.05, 4.69) is 5.32 Å². The molecule has 0 bridgehead atoms. The van der Waals surface area contributed by atoms with Gasteiger partial charge in [-0.15, -0.1) is 0 Å². The van der Waals surface area contributed by atoms with Gasteiger partial charge in [-0.1, -0.05) is 84.6 Å². The maximum absolute atomic E-state index is 14.9. The Morgan fingerprint density at radius 2 is 1.66 bits per heavy atom. The smallest absolute Gasteiger partial charge is 0.244 e. The van der Waals surface area contributed by atoms with E-state index in [4.69, 9.17) is 23.2 Å². The molecule has 1 aliphatic rings. The van der Waals surface area contributed by atoms with Gasteiger partial charge >= 0.3 is 0 Å². The number of carbonyl (C=O) groups is 2. The Bertz CT molecular complexity index is 1480. The zero-order valence-corrected chi connectivity index (χ0v) is 24.9. The standard InChI is InChI=1S/C30H32Cl2FN3O4S/c1-41(39,40)36(27-16-15-23(31)18-25(27)32)20-29(37)35(19-22-11-5-8-14-26(22)33)28(17-21-9-3-2-4-10-21)30(38)34-24-12-6-7-13-24/h2-5,8-11,14-16,18,24,28H,6-7,12-13,17,19-20H2,1H3,(H,34,38)/t28-/m1/s1. The molecule has 1 saturated carbocycles. The van der Waals surface area contributed by atoms with E-state index in [1.807, 2.05) is 30.3 Å². The van der Waals surface area contributed by atoms with E-state index in [0.717, 1.165) is 41.8 Å². The second-order valence-corrected chi connectivity index (χ2v) is 12.9. The van der Waals surface area contributed by atoms with Crippen molar-refractivity contribution in [3.8, 4) is 0 Å². The number of hydrogen-bond donors (Lipinski definition) is 1. The molecule has 2 amide bonds. The summed E-state index contributed by atoms with van der Waals surface area (Å²) in [6.45, 7) is -0.899. The Kier molecular flexibility index (Phi) is 10.3. The van der Waals surface area contributed by atoms with Gasteiger partial charge in [0.1, 0.15) is 18.4 Å². The van der Waals surface area contributed by atoms with Crippen LogP contribution in [-0.2, 0) is 32.6 Å². The van der Waals surface area contributed by atoms with Crippen LogP contribution in [0, 0.1) is 5.82 Å². The third kappa shape index (κ3) is 8.21. The van der Waals surface area contributed by atoms with Crippen molar-refractivity contribution in [3.05, 3.63) is 99.8 Å². The first-order chi connectivity index (χ1) is 19.5. The highest BCUT2D eigenvalue weighted by atomic mass is 35.5. The monoisotopic (exact) mass is 619 g/mol. The highest BCUT2D eigenvalue weighted by Gasteiger charge is 2.35. The summed E-state index contributed by atoms with van der Waals surface area (Å²) >= 11 is 12.3. The third-order valence-corrected chi connectivity index (χ3v) is 8.79. The predicted molar refractivity (Wildman–Crippen MR) is 160 cm³/mol. The molecule has 3 aromatic carbocycles. The Morgan fingerprint density at radius 3 is 2.29 bits per heavy atom. The minimum absolute atomic E-state index is 0.0217. The van der Waals surface area contributed by atoms with Crippen LogP contribution in [0.15, 0.2) is 72.8 Å². The summed E-state index contributed by atoms with van der Waals surface area (Å²) in [5.74, 6) is -1.60. The van der Waals surface area contributed by atoms with Crippen LogP contribution in [0.1, 0.15) is 36.8 Å². The van der Waals surface area contributed by atoms with Crippen molar-refractivity contribution < 1.29 is 22.4 Å². The van der Waals surface area contributed by atoms with E-state index in [1.54, 1.807) is 6.07 Å². The molecule has 4 rings (SSSR count). The number of hydrogen-bond acceptors (Lipinski definition) is 4. The number of halogens is 3. The number of anilines is 1. The quantitative estimate of drug-likeness (QED) is 0.303. The molecule has 0 spiro atoms. The molecule has 3 aromatic rings. The highest BCUT2D eigenvalue weighted by molar-refractivity contribution is 7.92. The van der Waals surface area contributed by atoms with Crippen LogP contribution in [0.3, 0.4) is 0 Å². The van der Waals surface area contributed by atoms with Crippen molar-refractivity contribution in [2.75, 3.05) is 17.1 Å². The van der Waals surface area contributed by atoms with E-state index in [9.17, 15) is 22.4 Å². The molecule has 1 fully saturated rings. The zero-order chi connectivity index (χ0) is 29.6. The predicted octanol–water partition coefficient (Wildman–Crippen LogP) is 5.60. The molecule has 41 heavy (non-hydrogen) atoms. The average Bonchev–Trinajstić information content (AvgIpc) is 3.43. The second-order valence-electron chi connectivity index (χ2n) is 10.2. The fraction of sp³-hybridized carbons (Fsp3) is 0.333. The normalized spacial score (nSPS) is 14.4. The Hall–Kier alpha value is -3.14. The van der Waals surface area contributed by atoms with E-state index in [1.165, 1.54) is 41.3 Å². The number of nitrogens with one attached hydrogen (secondary N) is 1. The molecular weight excluding hydrogens is 588 g/mol. The second kappa shape index (κ2) is 13.7. The molecule has 0 heterocycles. The molecule has 0 unspecified atom stereocenters. The van der Waals surface area contributed by atoms with E-state index < -0.39 is 34.3 Å². The lowest BCUT2D eigenvalue weighted by molar-refractivity contribution is -0.140. The van der Waals surface area contributed by atoms with Crippen molar-refractivity contribution >= 4 is 50.7 Å². The number of benzene rings is 3. The molecule has 1 atom stereocenters. The van der Waals surface area contributed by atoms with E-state index in [-0.39, 0.29) is 41.2 Å². The van der Waals surface area contributed by atoms with Crippen LogP contribution in [0.4, 0.5) is 10.1 Å². The molecule has 0 aliphatic heterocycles. The Labute approximate surface area is 250 Å². The van der Waals surface area contributed by atoms with E-state index >= 15 is 0 Å². The number of sulfonamides is 1. The van der Waals surface area contributed by atoms with Crippen LogP contribution >= 0.6 is 23.2 Å². The van der Waals surface area contributed by atoms with Gasteiger partial charge in [0.15, 0.2) is 0 Å². The summed E-state index contributed by atoms with van der Waals surface area (Å²) in [6, 6.07) is 18.4. The van der Waals surface area contributed by atoms with Crippen LogP contribution in [0.5, 0.6) is 0 Å². The Balaban J connectivity index is 1.75. The van der Waals surface area contributed by atoms with Gasteiger partial charge < -0.3 is 10.2 Å². The number of rotatable bonds is 11. The number of nitrogens with zero attached hydrogens (tertiary/aromatic N) is 2. The van der Waals surface area contributed by atoms with Crippen molar-refractivity contribution in [1.29, 1.82) is 0 Å². The summed E-state index contributed by atoms with van der Waals surface area (Å²) in [4.78, 5) is 29.2. The van der Waals surface area contributed by atoms with Gasteiger partial charge in [-0.2, -0.15) is 0 Å². The molecule has 1 N–H and O–H groups in total. The fourth-order valence-corrected chi connectivity index (χ4v) is 6.43. The zero-order valence-electron chi connectivity index (χ0n) is 22.6. The summed E-state index contributed by atoms with van der Waals surface area (Å²) in [5, 5.41) is 3.41. The van der Waals surface area contributed by atoms with Crippen molar-refractivity contribution in [3.63, 3.8) is 0 Å². The maximum Gasteiger partial charge on any atom is 0.244 e. The van der Waals surface area contributed by atoms with Gasteiger partial charge in [-0.3, -0.25) is 13.9 Å². The highest BCUT2D eigenvalue weighted by Crippen LogP contribution is 2.31. The van der Waals surface area contributed by atoms with Gasteiger partial charge in [-0.05, 0) is 42.7 Å². The first-order valence-electron chi connectivity index (χ1n) is 13.3. The van der Waals surface area contributed by atoms with Crippen LogP contribution in [0.2, 0.25) is 10.0 Å². The molecule has 218 valence electrons. The molecule has 0 saturated heterocycles. The summed E-state index contributed by atoms with van der Waals surface area (Å²) in [6.07, 6.45) is 4.78. The van der Waals surface area contributed by atoms with Crippen LogP contribution in [0.25, 0.3) is 0 Å². The third-order valence-electron chi connectivity index (χ3n) is 7.13. The van der Waals surface area contributed by atoms with Gasteiger partial charge in [0.2, 0.25) is 21.8 Å². The van der Waals surface area contributed by atoms with Crippen LogP contribution in [-0.4, -0.2) is 50.0 Å². The van der Waals surface area contributed by atoms with Gasteiger partial charge in [0.25, 0.3) is 0 Å². The van der Waals surface area contributed by atoms with Gasteiger partial charge in [0, 0.05) is 29.6 Å². The lowest BCUT2D eigenvalue weighted by atomic mass is 10.0. The fourth-order valence-electron chi connectivity index (χ4n) is 5.01. The van der Waals surface area contributed by atoms with Crippen LogP contribution < -0.4 is 9.62 Å². The molecule has 0 radical (unpaired) electrons. The summed E-state index contributed by atoms with van der Waals surface area (Å²) in [5.41, 5.74) is 1.06. The minimum atomic E-state index is -4.00. The van der Waals surface area contributed by atoms with Crippen molar-refractivity contribution in [2.45, 2.75) is 50.7 Å². The first kappa shape index (κ1) is 30.8. The first-order valence-corrected chi connectivity index (χ1v) is 15.9. The lowest BCUT2D eigenvalue weighted by Crippen LogP contribution is -2.54. The summed E-state index contributed by atoms with van der Waals surface area (Å²) in [7, 11) is -4.00. The molecule has 7 nitrogen and oxygen atoms in total. The topological polar surface area (TPSA) is 86.8 Å². The summed E-state index contributed by atoms with van der Waals surface area (Å²) < 4.78 is 41.5. The van der Waals surface area contributed by atoms with Crippen molar-refractivity contribution in [1.82, 2.24) is 10.2 Å². The SMILES string of the molecule is CS(=O)(=O)N(CC(=O)N(Cc1ccccc1F)[C@H](Cc1ccccc1)C(=O)NC1CCCC1)c1ccc(Cl)cc1Cl. The van der Waals surface area contributed by atoms with Gasteiger partial charge in [-0.25, -0.2) is 12.8 Å². The van der Waals surface area contributed by atoms with Crippen molar-refractivity contribution in [2.24, 2.45) is 0 Å². The number of amides is 2.